The summed E-state index contributed by atoms with van der Waals surface area (Å²) in [5, 5.41) is 4.19. The fraction of sp³-hybridized carbons (Fsp3) is 0.643. The average Bonchev–Trinajstić information content (AvgIpc) is 2.76. The van der Waals surface area contributed by atoms with Gasteiger partial charge in [-0.3, -0.25) is 19.2 Å². The predicted molar refractivity (Wildman–Crippen MR) is 78.7 cm³/mol. The van der Waals surface area contributed by atoms with Crippen molar-refractivity contribution < 1.29 is 9.59 Å². The van der Waals surface area contributed by atoms with Crippen LogP contribution in [0, 0.1) is 6.92 Å². The Kier molecular flexibility index (Phi) is 4.32. The number of piperazine rings is 1. The number of rotatable bonds is 3. The Morgan fingerprint density at radius 3 is 2.52 bits per heavy atom. The van der Waals surface area contributed by atoms with Gasteiger partial charge >= 0.3 is 0 Å². The molecule has 116 valence electrons. The average molecular weight is 293 g/mol. The van der Waals surface area contributed by atoms with E-state index in [4.69, 9.17) is 5.73 Å². The minimum Gasteiger partial charge on any atom is -0.368 e. The Labute approximate surface area is 124 Å². The number of amides is 2. The first-order valence-corrected chi connectivity index (χ1v) is 7.15. The molecular weight excluding hydrogens is 270 g/mol. The lowest BCUT2D eigenvalue weighted by Crippen LogP contribution is -2.61. The summed E-state index contributed by atoms with van der Waals surface area (Å²) in [7, 11) is 1.78. The Balaban J connectivity index is 2.17. The minimum atomic E-state index is -0.431. The van der Waals surface area contributed by atoms with Crippen molar-refractivity contribution in [1.82, 2.24) is 19.6 Å². The fourth-order valence-electron chi connectivity index (χ4n) is 2.83. The van der Waals surface area contributed by atoms with Gasteiger partial charge in [0.1, 0.15) is 6.04 Å². The summed E-state index contributed by atoms with van der Waals surface area (Å²) in [6, 6.07) is -0.209. The van der Waals surface area contributed by atoms with Crippen molar-refractivity contribution in [1.29, 1.82) is 0 Å². The number of carbonyl (C=O) groups is 2. The van der Waals surface area contributed by atoms with Crippen LogP contribution in [0.1, 0.15) is 29.9 Å². The monoisotopic (exact) mass is 293 g/mol. The van der Waals surface area contributed by atoms with E-state index in [0.29, 0.717) is 30.9 Å². The highest BCUT2D eigenvalue weighted by Gasteiger charge is 2.35. The van der Waals surface area contributed by atoms with Crippen LogP contribution >= 0.6 is 0 Å². The second-order valence-electron chi connectivity index (χ2n) is 5.80. The number of aryl methyl sites for hydroxylation is 2. The molecule has 0 radical (unpaired) electrons. The first kappa shape index (κ1) is 15.5. The molecule has 0 spiro atoms. The van der Waals surface area contributed by atoms with Gasteiger partial charge in [0.15, 0.2) is 0 Å². The van der Waals surface area contributed by atoms with Gasteiger partial charge in [-0.05, 0) is 20.8 Å². The number of nitrogens with zero attached hydrogens (tertiary/aromatic N) is 4. The van der Waals surface area contributed by atoms with Gasteiger partial charge in [-0.25, -0.2) is 0 Å². The van der Waals surface area contributed by atoms with E-state index in [1.807, 2.05) is 25.7 Å². The molecule has 1 aromatic heterocycles. The normalized spacial score (nSPS) is 20.0. The summed E-state index contributed by atoms with van der Waals surface area (Å²) in [5.74, 6) is -0.473. The van der Waals surface area contributed by atoms with Gasteiger partial charge in [-0.15, -0.1) is 0 Å². The minimum absolute atomic E-state index is 0.0877. The standard InChI is InChI=1S/C14H23N5O2/c1-9(2)19-6-5-18(8-12(19)13(15)20)14(21)11-7-17(4)16-10(11)3/h7,9,12H,5-6,8H2,1-4H3,(H2,15,20). The number of hydrogen-bond donors (Lipinski definition) is 1. The van der Waals surface area contributed by atoms with Crippen molar-refractivity contribution in [2.75, 3.05) is 19.6 Å². The zero-order chi connectivity index (χ0) is 15.7. The van der Waals surface area contributed by atoms with Crippen LogP contribution < -0.4 is 5.73 Å². The number of nitrogens with two attached hydrogens (primary N) is 1. The molecule has 2 amide bonds. The molecule has 1 aliphatic rings. The smallest absolute Gasteiger partial charge is 0.257 e. The van der Waals surface area contributed by atoms with Crippen molar-refractivity contribution in [2.24, 2.45) is 12.8 Å². The molecule has 2 heterocycles. The second-order valence-corrected chi connectivity index (χ2v) is 5.80. The molecule has 1 atom stereocenters. The molecule has 0 aromatic carbocycles. The van der Waals surface area contributed by atoms with E-state index >= 15 is 0 Å². The van der Waals surface area contributed by atoms with E-state index in [0.717, 1.165) is 0 Å². The SMILES string of the molecule is Cc1nn(C)cc1C(=O)N1CCN(C(C)C)C(C(N)=O)C1. The lowest BCUT2D eigenvalue weighted by molar-refractivity contribution is -0.126. The number of hydrogen-bond acceptors (Lipinski definition) is 4. The number of primary amides is 1. The molecular formula is C14H23N5O2. The third kappa shape index (κ3) is 3.07. The molecule has 21 heavy (non-hydrogen) atoms. The summed E-state index contributed by atoms with van der Waals surface area (Å²) < 4.78 is 1.62. The van der Waals surface area contributed by atoms with Gasteiger partial charge < -0.3 is 10.6 Å². The topological polar surface area (TPSA) is 84.5 Å². The highest BCUT2D eigenvalue weighted by Crippen LogP contribution is 2.17. The maximum atomic E-state index is 12.6. The summed E-state index contributed by atoms with van der Waals surface area (Å²) in [6.45, 7) is 7.44. The molecule has 7 nitrogen and oxygen atoms in total. The van der Waals surface area contributed by atoms with Crippen LogP contribution in [0.2, 0.25) is 0 Å². The zero-order valence-corrected chi connectivity index (χ0v) is 13.0. The molecule has 7 heteroatoms. The molecule has 2 N–H and O–H groups in total. The van der Waals surface area contributed by atoms with E-state index in [9.17, 15) is 9.59 Å². The third-order valence-electron chi connectivity index (χ3n) is 3.94. The maximum absolute atomic E-state index is 12.6. The zero-order valence-electron chi connectivity index (χ0n) is 13.0. The molecule has 1 aliphatic heterocycles. The van der Waals surface area contributed by atoms with Crippen LogP contribution in [-0.4, -0.2) is 63.1 Å². The summed E-state index contributed by atoms with van der Waals surface area (Å²) in [4.78, 5) is 28.0. The van der Waals surface area contributed by atoms with Crippen LogP contribution in [0.15, 0.2) is 6.20 Å². The van der Waals surface area contributed by atoms with Crippen molar-refractivity contribution >= 4 is 11.8 Å². The van der Waals surface area contributed by atoms with Crippen molar-refractivity contribution in [3.05, 3.63) is 17.5 Å². The van der Waals surface area contributed by atoms with Gasteiger partial charge in [-0.2, -0.15) is 5.10 Å². The molecule has 0 aliphatic carbocycles. The summed E-state index contributed by atoms with van der Waals surface area (Å²) >= 11 is 0. The summed E-state index contributed by atoms with van der Waals surface area (Å²) in [6.07, 6.45) is 1.71. The van der Waals surface area contributed by atoms with Gasteiger partial charge in [0.25, 0.3) is 5.91 Å². The number of carbonyl (C=O) groups excluding carboxylic acids is 2. The molecule has 1 saturated heterocycles. The predicted octanol–water partition coefficient (Wildman–Crippen LogP) is -0.251. The van der Waals surface area contributed by atoms with Gasteiger partial charge in [0.05, 0.1) is 11.3 Å². The van der Waals surface area contributed by atoms with Crippen molar-refractivity contribution in [2.45, 2.75) is 32.9 Å². The van der Waals surface area contributed by atoms with E-state index in [-0.39, 0.29) is 17.9 Å². The van der Waals surface area contributed by atoms with Crippen LogP contribution in [0.4, 0.5) is 0 Å². The van der Waals surface area contributed by atoms with E-state index in [1.54, 1.807) is 22.8 Å². The van der Waals surface area contributed by atoms with E-state index < -0.39 is 6.04 Å². The quantitative estimate of drug-likeness (QED) is 0.833. The first-order valence-electron chi connectivity index (χ1n) is 7.15. The van der Waals surface area contributed by atoms with Crippen LogP contribution in [0.3, 0.4) is 0 Å². The Bertz CT molecular complexity index is 552. The Morgan fingerprint density at radius 2 is 2.05 bits per heavy atom. The lowest BCUT2D eigenvalue weighted by Gasteiger charge is -2.41. The Hall–Kier alpha value is -1.89. The lowest BCUT2D eigenvalue weighted by atomic mass is 10.1. The number of aromatic nitrogens is 2. The molecule has 2 rings (SSSR count). The first-order chi connectivity index (χ1) is 9.81. The van der Waals surface area contributed by atoms with Crippen LogP contribution in [0.5, 0.6) is 0 Å². The van der Waals surface area contributed by atoms with Gasteiger partial charge in [0.2, 0.25) is 5.91 Å². The molecule has 1 aromatic rings. The highest BCUT2D eigenvalue weighted by atomic mass is 16.2. The van der Waals surface area contributed by atoms with Crippen molar-refractivity contribution in [3.8, 4) is 0 Å². The largest absolute Gasteiger partial charge is 0.368 e. The van der Waals surface area contributed by atoms with Crippen LogP contribution in [0.25, 0.3) is 0 Å². The van der Waals surface area contributed by atoms with Crippen molar-refractivity contribution in [3.63, 3.8) is 0 Å². The maximum Gasteiger partial charge on any atom is 0.257 e. The molecule has 1 fully saturated rings. The van der Waals surface area contributed by atoms with Crippen LogP contribution in [-0.2, 0) is 11.8 Å². The summed E-state index contributed by atoms with van der Waals surface area (Å²) in [5.41, 5.74) is 6.78. The molecule has 1 unspecified atom stereocenters. The third-order valence-corrected chi connectivity index (χ3v) is 3.94. The second kappa shape index (κ2) is 5.85. The van der Waals surface area contributed by atoms with E-state index in [1.165, 1.54) is 0 Å². The van der Waals surface area contributed by atoms with E-state index in [2.05, 4.69) is 5.10 Å². The molecule has 0 saturated carbocycles. The van der Waals surface area contributed by atoms with Gasteiger partial charge in [0, 0.05) is 38.9 Å². The Morgan fingerprint density at radius 1 is 1.38 bits per heavy atom. The van der Waals surface area contributed by atoms with Gasteiger partial charge in [-0.1, -0.05) is 0 Å². The fourth-order valence-corrected chi connectivity index (χ4v) is 2.83. The molecule has 0 bridgehead atoms. The highest BCUT2D eigenvalue weighted by molar-refractivity contribution is 5.95.